The number of hydrogen-bond donors (Lipinski definition) is 5. The fourth-order valence-corrected chi connectivity index (χ4v) is 5.21. The Hall–Kier alpha value is -3.64. The summed E-state index contributed by atoms with van der Waals surface area (Å²) in [6.45, 7) is 1.60. The van der Waals surface area contributed by atoms with Crippen molar-refractivity contribution >= 4 is 68.2 Å². The summed E-state index contributed by atoms with van der Waals surface area (Å²) in [6, 6.07) is 13.7. The molecule has 0 heterocycles. The molecule has 0 atom stereocenters. The maximum Gasteiger partial charge on any atom is 0.303 e. The number of carboxylic acid groups (broad SMARTS) is 1. The van der Waals surface area contributed by atoms with Gasteiger partial charge in [0.15, 0.2) is 5.78 Å². The number of nitrogens with one attached hydrogen (secondary N) is 1. The van der Waals surface area contributed by atoms with Gasteiger partial charge in [-0.15, -0.1) is 0 Å². The summed E-state index contributed by atoms with van der Waals surface area (Å²) in [5, 5.41) is 7.13. The number of carbonyl (C=O) groups excluding carboxylic acids is 1. The summed E-state index contributed by atoms with van der Waals surface area (Å²) < 4.78 is 26.4. The highest BCUT2D eigenvalue weighted by Crippen LogP contribution is 2.44. The van der Waals surface area contributed by atoms with Crippen LogP contribution in [0.25, 0.3) is 0 Å². The minimum atomic E-state index is -4.19. The Labute approximate surface area is 217 Å². The SMILES string of the molecule is CCC(=O)O.NNC=Nc1cccc(C(=O)c2c(N)c(S(=O)(=O)c3ccccc3)c(Cl)c(N)c2Cl)c1. The summed E-state index contributed by atoms with van der Waals surface area (Å²) in [7, 11) is -4.19. The first kappa shape index (κ1) is 28.6. The van der Waals surface area contributed by atoms with E-state index in [1.165, 1.54) is 30.6 Å². The van der Waals surface area contributed by atoms with E-state index in [0.717, 1.165) is 0 Å². The molecule has 3 rings (SSSR count). The maximum absolute atomic E-state index is 13.2. The quantitative estimate of drug-likeness (QED) is 0.0724. The van der Waals surface area contributed by atoms with E-state index in [0.29, 0.717) is 5.69 Å². The molecular weight excluding hydrogens is 529 g/mol. The van der Waals surface area contributed by atoms with Crippen LogP contribution in [0.5, 0.6) is 0 Å². The van der Waals surface area contributed by atoms with E-state index in [1.807, 2.05) is 0 Å². The monoisotopic (exact) mass is 551 g/mol. The Morgan fingerprint density at radius 2 is 1.64 bits per heavy atom. The third-order valence-corrected chi connectivity index (χ3v) is 7.41. The molecule has 0 saturated heterocycles. The van der Waals surface area contributed by atoms with Crippen LogP contribution < -0.4 is 22.7 Å². The van der Waals surface area contributed by atoms with Crippen LogP contribution in [-0.2, 0) is 14.6 Å². The van der Waals surface area contributed by atoms with Crippen molar-refractivity contribution in [3.63, 3.8) is 0 Å². The number of sulfone groups is 1. The van der Waals surface area contributed by atoms with Gasteiger partial charge in [0.1, 0.15) is 11.2 Å². The van der Waals surface area contributed by atoms with Crippen LogP contribution in [0.4, 0.5) is 17.1 Å². The zero-order valence-electron chi connectivity index (χ0n) is 18.9. The first-order valence-corrected chi connectivity index (χ1v) is 12.4. The van der Waals surface area contributed by atoms with Crippen molar-refractivity contribution in [1.29, 1.82) is 0 Å². The van der Waals surface area contributed by atoms with Gasteiger partial charge in [0.2, 0.25) is 9.84 Å². The lowest BCUT2D eigenvalue weighted by Gasteiger charge is -2.17. The van der Waals surface area contributed by atoms with Crippen LogP contribution in [0.1, 0.15) is 29.3 Å². The predicted octanol–water partition coefficient (Wildman–Crippen LogP) is 3.83. The van der Waals surface area contributed by atoms with Crippen molar-refractivity contribution in [2.75, 3.05) is 11.5 Å². The van der Waals surface area contributed by atoms with Gasteiger partial charge >= 0.3 is 5.97 Å². The molecule has 10 nitrogen and oxygen atoms in total. The Kier molecular flexibility index (Phi) is 9.82. The van der Waals surface area contributed by atoms with E-state index in [1.54, 1.807) is 37.3 Å². The van der Waals surface area contributed by atoms with E-state index >= 15 is 0 Å². The second kappa shape index (κ2) is 12.4. The summed E-state index contributed by atoms with van der Waals surface area (Å²) in [5.41, 5.74) is 14.0. The first-order chi connectivity index (χ1) is 17.0. The third-order valence-electron chi connectivity index (χ3n) is 4.65. The Morgan fingerprint density at radius 1 is 1.03 bits per heavy atom. The first-order valence-electron chi connectivity index (χ1n) is 10.2. The summed E-state index contributed by atoms with van der Waals surface area (Å²) in [4.78, 5) is 26.1. The van der Waals surface area contributed by atoms with Crippen molar-refractivity contribution in [2.24, 2.45) is 10.8 Å². The van der Waals surface area contributed by atoms with Crippen LogP contribution in [0.2, 0.25) is 10.0 Å². The summed E-state index contributed by atoms with van der Waals surface area (Å²) in [5.74, 6) is 3.77. The van der Waals surface area contributed by atoms with Crippen molar-refractivity contribution in [2.45, 2.75) is 23.1 Å². The average molecular weight is 552 g/mol. The zero-order chi connectivity index (χ0) is 27.0. The lowest BCUT2D eigenvalue weighted by Crippen LogP contribution is -2.18. The van der Waals surface area contributed by atoms with Crippen LogP contribution in [-0.4, -0.2) is 31.6 Å². The topological polar surface area (TPSA) is 191 Å². The number of hydrazine groups is 1. The summed E-state index contributed by atoms with van der Waals surface area (Å²) in [6.07, 6.45) is 1.45. The van der Waals surface area contributed by atoms with Crippen molar-refractivity contribution < 1.29 is 23.1 Å². The molecular formula is C23H23Cl2N5O5S. The Morgan fingerprint density at radius 3 is 2.19 bits per heavy atom. The number of nitrogens with zero attached hydrogens (tertiary/aromatic N) is 1. The average Bonchev–Trinajstić information content (AvgIpc) is 2.87. The number of carboxylic acids is 1. The molecule has 0 fully saturated rings. The van der Waals surface area contributed by atoms with Gasteiger partial charge in [-0.2, -0.15) is 0 Å². The van der Waals surface area contributed by atoms with Gasteiger partial charge < -0.3 is 22.0 Å². The Bertz CT molecular complexity index is 1410. The smallest absolute Gasteiger partial charge is 0.303 e. The van der Waals surface area contributed by atoms with E-state index in [2.05, 4.69) is 10.4 Å². The lowest BCUT2D eigenvalue weighted by atomic mass is 10.0. The molecule has 0 saturated carbocycles. The number of anilines is 2. The van der Waals surface area contributed by atoms with E-state index < -0.39 is 32.2 Å². The van der Waals surface area contributed by atoms with Gasteiger partial charge in [-0.25, -0.2) is 19.3 Å². The second-order valence-corrected chi connectivity index (χ2v) is 9.67. The second-order valence-electron chi connectivity index (χ2n) is 7.03. The maximum atomic E-state index is 13.2. The van der Waals surface area contributed by atoms with E-state index in [4.69, 9.17) is 45.6 Å². The number of benzene rings is 3. The third kappa shape index (κ3) is 6.32. The number of halogens is 2. The molecule has 0 aromatic heterocycles. The predicted molar refractivity (Wildman–Crippen MR) is 140 cm³/mol. The van der Waals surface area contributed by atoms with Crippen molar-refractivity contribution in [1.82, 2.24) is 5.43 Å². The number of aliphatic imine (C=N–C) groups is 1. The number of nitrogens with two attached hydrogens (primary N) is 3. The van der Waals surface area contributed by atoms with Crippen LogP contribution in [0, 0.1) is 0 Å². The number of aliphatic carboxylic acids is 1. The van der Waals surface area contributed by atoms with E-state index in [-0.39, 0.29) is 38.2 Å². The minimum absolute atomic E-state index is 0.0608. The number of ketones is 1. The molecule has 0 aliphatic rings. The van der Waals surface area contributed by atoms with Gasteiger partial charge in [0, 0.05) is 12.0 Å². The van der Waals surface area contributed by atoms with Crippen LogP contribution in [0.3, 0.4) is 0 Å². The fourth-order valence-electron chi connectivity index (χ4n) is 2.89. The molecule has 0 radical (unpaired) electrons. The van der Waals surface area contributed by atoms with Crippen LogP contribution >= 0.6 is 23.2 Å². The molecule has 0 unspecified atom stereocenters. The highest BCUT2D eigenvalue weighted by molar-refractivity contribution is 7.91. The molecule has 36 heavy (non-hydrogen) atoms. The molecule has 8 N–H and O–H groups in total. The van der Waals surface area contributed by atoms with Gasteiger partial charge in [-0.3, -0.25) is 9.59 Å². The Balaban J connectivity index is 0.000000830. The molecule has 0 bridgehead atoms. The van der Waals surface area contributed by atoms with Gasteiger partial charge in [-0.05, 0) is 24.3 Å². The van der Waals surface area contributed by atoms with Gasteiger partial charge in [-0.1, -0.05) is 60.5 Å². The molecule has 190 valence electrons. The molecule has 0 amide bonds. The molecule has 0 aliphatic carbocycles. The molecule has 13 heteroatoms. The van der Waals surface area contributed by atoms with Crippen molar-refractivity contribution in [3.8, 4) is 0 Å². The van der Waals surface area contributed by atoms with Crippen LogP contribution in [0.15, 0.2) is 69.4 Å². The molecule has 3 aromatic carbocycles. The largest absolute Gasteiger partial charge is 0.481 e. The normalized spacial score (nSPS) is 11.0. The number of hydrogen-bond acceptors (Lipinski definition) is 8. The number of nitrogen functional groups attached to an aromatic ring is 2. The highest BCUT2D eigenvalue weighted by Gasteiger charge is 2.32. The highest BCUT2D eigenvalue weighted by atomic mass is 35.5. The zero-order valence-corrected chi connectivity index (χ0v) is 21.2. The van der Waals surface area contributed by atoms with E-state index in [9.17, 15) is 18.0 Å². The number of rotatable bonds is 7. The van der Waals surface area contributed by atoms with Gasteiger partial charge in [0.25, 0.3) is 0 Å². The standard InChI is InChI=1S/C20H17Cl2N5O3S.C3H6O2/c21-15-14(19(28)11-5-4-6-12(9-11)26-10-27-25)17(23)20(16(22)18(15)24)31(29,30)13-7-2-1-3-8-13;1-2-3(4)5/h1-10H,23-25H2,(H,26,27);2H2,1H3,(H,4,5). The molecule has 0 aliphatic heterocycles. The minimum Gasteiger partial charge on any atom is -0.481 e. The molecule has 3 aromatic rings. The summed E-state index contributed by atoms with van der Waals surface area (Å²) >= 11 is 12.5. The lowest BCUT2D eigenvalue weighted by molar-refractivity contribution is -0.136. The fraction of sp³-hybridized carbons (Fsp3) is 0.0870. The van der Waals surface area contributed by atoms with Gasteiger partial charge in [0.05, 0.1) is 37.6 Å². The molecule has 0 spiro atoms. The number of carbonyl (C=O) groups is 2. The van der Waals surface area contributed by atoms with Crippen molar-refractivity contribution in [3.05, 3.63) is 75.8 Å².